The fraction of sp³-hybridized carbons (Fsp3) is 0.0800. The Morgan fingerprint density at radius 2 is 1.66 bits per heavy atom. The molecule has 2 heterocycles. The number of fused-ring (bicyclic) bond motifs is 2. The number of para-hydroxylation sites is 2. The fourth-order valence-electron chi connectivity index (χ4n) is 3.84. The van der Waals surface area contributed by atoms with Crippen LogP contribution in [0, 0.1) is 0 Å². The van der Waals surface area contributed by atoms with Gasteiger partial charge in [0, 0.05) is 17.3 Å². The molecular formula is C25H19NO3. The van der Waals surface area contributed by atoms with Gasteiger partial charge in [0.05, 0.1) is 23.9 Å². The van der Waals surface area contributed by atoms with Crippen LogP contribution < -0.4 is 0 Å². The normalized spacial score (nSPS) is 11.2. The van der Waals surface area contributed by atoms with E-state index in [1.807, 2.05) is 60.7 Å². The van der Waals surface area contributed by atoms with Crippen LogP contribution >= 0.6 is 0 Å². The van der Waals surface area contributed by atoms with Crippen LogP contribution in [0.25, 0.3) is 33.3 Å². The van der Waals surface area contributed by atoms with Gasteiger partial charge in [-0.3, -0.25) is 0 Å². The highest BCUT2D eigenvalue weighted by molar-refractivity contribution is 6.05. The Balaban J connectivity index is 1.78. The summed E-state index contributed by atoms with van der Waals surface area (Å²) in [6.45, 7) is 0.616. The maximum atomic E-state index is 12.5. The second-order valence-electron chi connectivity index (χ2n) is 6.98. The standard InChI is InChI=1S/C25H19NO3/c1-28-25(27)20-12-7-11-19-14-21(23-15-18-10-5-6-13-22(18)29-23)26(24(19)20)16-17-8-3-2-4-9-17/h2-15H,16H2,1H3. The molecule has 0 radical (unpaired) electrons. The average molecular weight is 381 g/mol. The van der Waals surface area contributed by atoms with Crippen LogP contribution in [0.3, 0.4) is 0 Å². The third-order valence-corrected chi connectivity index (χ3v) is 5.19. The van der Waals surface area contributed by atoms with Gasteiger partial charge in [-0.25, -0.2) is 4.79 Å². The summed E-state index contributed by atoms with van der Waals surface area (Å²) in [7, 11) is 1.41. The molecule has 0 amide bonds. The van der Waals surface area contributed by atoms with Gasteiger partial charge in [-0.1, -0.05) is 60.7 Å². The van der Waals surface area contributed by atoms with Crippen LogP contribution in [0.5, 0.6) is 0 Å². The molecule has 5 rings (SSSR count). The van der Waals surface area contributed by atoms with Gasteiger partial charge in [-0.2, -0.15) is 0 Å². The van der Waals surface area contributed by atoms with Crippen LogP contribution in [-0.4, -0.2) is 17.6 Å². The molecule has 0 bridgehead atoms. The largest absolute Gasteiger partial charge is 0.465 e. The number of carbonyl (C=O) groups is 1. The molecule has 0 aliphatic rings. The van der Waals surface area contributed by atoms with E-state index in [9.17, 15) is 4.79 Å². The predicted octanol–water partition coefficient (Wildman–Crippen LogP) is 5.89. The first-order valence-electron chi connectivity index (χ1n) is 9.48. The van der Waals surface area contributed by atoms with Gasteiger partial charge in [-0.05, 0) is 29.8 Å². The molecular weight excluding hydrogens is 362 g/mol. The molecule has 0 saturated heterocycles. The van der Waals surface area contributed by atoms with E-state index in [1.54, 1.807) is 6.07 Å². The van der Waals surface area contributed by atoms with Crippen LogP contribution in [0.2, 0.25) is 0 Å². The lowest BCUT2D eigenvalue weighted by molar-refractivity contribution is 0.0602. The second kappa shape index (κ2) is 6.99. The smallest absolute Gasteiger partial charge is 0.340 e. The first kappa shape index (κ1) is 17.3. The second-order valence-corrected chi connectivity index (χ2v) is 6.98. The van der Waals surface area contributed by atoms with Gasteiger partial charge in [-0.15, -0.1) is 0 Å². The Bertz CT molecular complexity index is 1300. The van der Waals surface area contributed by atoms with Crippen molar-refractivity contribution in [2.75, 3.05) is 7.11 Å². The number of ether oxygens (including phenoxy) is 1. The summed E-state index contributed by atoms with van der Waals surface area (Å²) in [6.07, 6.45) is 0. The highest BCUT2D eigenvalue weighted by Crippen LogP contribution is 2.34. The zero-order valence-corrected chi connectivity index (χ0v) is 16.0. The summed E-state index contributed by atoms with van der Waals surface area (Å²) >= 11 is 0. The van der Waals surface area contributed by atoms with Gasteiger partial charge >= 0.3 is 5.97 Å². The Morgan fingerprint density at radius 3 is 2.45 bits per heavy atom. The molecule has 0 spiro atoms. The summed E-state index contributed by atoms with van der Waals surface area (Å²) in [5, 5.41) is 2.02. The lowest BCUT2D eigenvalue weighted by Gasteiger charge is -2.12. The van der Waals surface area contributed by atoms with Crippen molar-refractivity contribution < 1.29 is 13.9 Å². The maximum Gasteiger partial charge on any atom is 0.340 e. The zero-order chi connectivity index (χ0) is 19.8. The van der Waals surface area contributed by atoms with E-state index in [0.29, 0.717) is 12.1 Å². The van der Waals surface area contributed by atoms with Gasteiger partial charge in [0.2, 0.25) is 0 Å². The van der Waals surface area contributed by atoms with Crippen molar-refractivity contribution in [3.63, 3.8) is 0 Å². The van der Waals surface area contributed by atoms with Crippen molar-refractivity contribution in [1.29, 1.82) is 0 Å². The van der Waals surface area contributed by atoms with E-state index in [4.69, 9.17) is 9.15 Å². The van der Waals surface area contributed by atoms with Crippen LogP contribution in [0.15, 0.2) is 89.3 Å². The third-order valence-electron chi connectivity index (χ3n) is 5.19. The number of furan rings is 1. The number of benzene rings is 3. The molecule has 142 valence electrons. The first-order chi connectivity index (χ1) is 14.2. The molecule has 0 fully saturated rings. The number of rotatable bonds is 4. The third kappa shape index (κ3) is 2.99. The summed E-state index contributed by atoms with van der Waals surface area (Å²) < 4.78 is 13.3. The minimum absolute atomic E-state index is 0.348. The van der Waals surface area contributed by atoms with Crippen molar-refractivity contribution in [1.82, 2.24) is 4.57 Å². The minimum Gasteiger partial charge on any atom is -0.465 e. The summed E-state index contributed by atoms with van der Waals surface area (Å²) in [6, 6.07) is 28.0. The molecule has 3 aromatic carbocycles. The summed E-state index contributed by atoms with van der Waals surface area (Å²) in [4.78, 5) is 12.5. The number of aromatic nitrogens is 1. The molecule has 2 aromatic heterocycles. The van der Waals surface area contributed by atoms with Gasteiger partial charge < -0.3 is 13.7 Å². The number of methoxy groups -OCH3 is 1. The molecule has 29 heavy (non-hydrogen) atoms. The SMILES string of the molecule is COC(=O)c1cccc2cc(-c3cc4ccccc4o3)n(Cc3ccccc3)c12. The lowest BCUT2D eigenvalue weighted by Crippen LogP contribution is -2.07. The number of carbonyl (C=O) groups excluding carboxylic acids is 1. The predicted molar refractivity (Wildman–Crippen MR) is 114 cm³/mol. The van der Waals surface area contributed by atoms with E-state index >= 15 is 0 Å². The molecule has 0 aliphatic carbocycles. The van der Waals surface area contributed by atoms with Crippen molar-refractivity contribution >= 4 is 27.8 Å². The van der Waals surface area contributed by atoms with E-state index in [1.165, 1.54) is 7.11 Å². The Hall–Kier alpha value is -3.79. The Morgan fingerprint density at radius 1 is 0.897 bits per heavy atom. The molecule has 0 saturated carbocycles. The molecule has 0 N–H and O–H groups in total. The number of hydrogen-bond donors (Lipinski definition) is 0. The minimum atomic E-state index is -0.348. The molecule has 0 atom stereocenters. The van der Waals surface area contributed by atoms with Crippen molar-refractivity contribution in [2.24, 2.45) is 0 Å². The highest BCUT2D eigenvalue weighted by Gasteiger charge is 2.20. The average Bonchev–Trinajstić information content (AvgIpc) is 3.35. The summed E-state index contributed by atoms with van der Waals surface area (Å²) in [5.41, 5.74) is 4.30. The molecule has 0 unspecified atom stereocenters. The maximum absolute atomic E-state index is 12.5. The summed E-state index contributed by atoms with van der Waals surface area (Å²) in [5.74, 6) is 0.424. The van der Waals surface area contributed by atoms with Gasteiger partial charge in [0.15, 0.2) is 5.76 Å². The molecule has 0 aliphatic heterocycles. The monoisotopic (exact) mass is 381 g/mol. The van der Waals surface area contributed by atoms with E-state index in [2.05, 4.69) is 22.8 Å². The van der Waals surface area contributed by atoms with E-state index < -0.39 is 0 Å². The van der Waals surface area contributed by atoms with Crippen LogP contribution in [0.4, 0.5) is 0 Å². The Labute approximate surface area is 167 Å². The zero-order valence-electron chi connectivity index (χ0n) is 16.0. The Kier molecular flexibility index (Phi) is 4.17. The molecule has 4 nitrogen and oxygen atoms in total. The van der Waals surface area contributed by atoms with E-state index in [0.717, 1.165) is 38.9 Å². The van der Waals surface area contributed by atoms with Gasteiger partial charge in [0.1, 0.15) is 5.58 Å². The fourth-order valence-corrected chi connectivity index (χ4v) is 3.84. The van der Waals surface area contributed by atoms with Crippen molar-refractivity contribution in [2.45, 2.75) is 6.54 Å². The number of nitrogens with zero attached hydrogens (tertiary/aromatic N) is 1. The topological polar surface area (TPSA) is 44.4 Å². The molecule has 4 heteroatoms. The van der Waals surface area contributed by atoms with Crippen molar-refractivity contribution in [3.05, 3.63) is 96.1 Å². The van der Waals surface area contributed by atoms with Gasteiger partial charge in [0.25, 0.3) is 0 Å². The van der Waals surface area contributed by atoms with Crippen LogP contribution in [-0.2, 0) is 11.3 Å². The quantitative estimate of drug-likeness (QED) is 0.365. The number of hydrogen-bond acceptors (Lipinski definition) is 3. The first-order valence-corrected chi connectivity index (χ1v) is 9.48. The van der Waals surface area contributed by atoms with Crippen LogP contribution in [0.1, 0.15) is 15.9 Å². The lowest BCUT2D eigenvalue weighted by atomic mass is 10.1. The highest BCUT2D eigenvalue weighted by atomic mass is 16.5. The number of esters is 1. The molecule has 5 aromatic rings. The van der Waals surface area contributed by atoms with Crippen molar-refractivity contribution in [3.8, 4) is 11.5 Å². The van der Waals surface area contributed by atoms with E-state index in [-0.39, 0.29) is 5.97 Å².